The number of imidazole rings is 2. The number of carbonyl (C=O) groups excluding carboxylic acids is 2. The maximum absolute atomic E-state index is 13.9. The van der Waals surface area contributed by atoms with Gasteiger partial charge in [-0.15, -0.1) is 12.4 Å². The van der Waals surface area contributed by atoms with Gasteiger partial charge in [-0.3, -0.25) is 18.7 Å². The summed E-state index contributed by atoms with van der Waals surface area (Å²) in [6.07, 6.45) is 4.06. The van der Waals surface area contributed by atoms with E-state index in [0.29, 0.717) is 63.7 Å². The molecule has 6 aromatic rings. The van der Waals surface area contributed by atoms with Crippen LogP contribution in [0.25, 0.3) is 22.3 Å². The van der Waals surface area contributed by atoms with Crippen LogP contribution in [-0.2, 0) is 50.8 Å². The number of nitrogens with zero attached hydrogens (tertiary/aromatic N) is 8. The van der Waals surface area contributed by atoms with Crippen molar-refractivity contribution >= 4 is 96.6 Å². The zero-order valence-corrected chi connectivity index (χ0v) is 47.5. The number of fused-ring (bicyclic) bond motifs is 2. The largest absolute Gasteiger partial charge is 0.508 e. The summed E-state index contributed by atoms with van der Waals surface area (Å²) >= 11 is 11.5. The van der Waals surface area contributed by atoms with Gasteiger partial charge in [0, 0.05) is 10.0 Å². The number of carbonyl (C=O) groups is 2. The molecule has 0 fully saturated rings. The first-order valence-corrected chi connectivity index (χ1v) is 27.3. The molecular formula is C46H69Cl3N12O12P2. The fourth-order valence-electron chi connectivity index (χ4n) is 5.68. The fourth-order valence-corrected chi connectivity index (χ4v) is 8.40. The van der Waals surface area contributed by atoms with Gasteiger partial charge in [0.25, 0.3) is 0 Å². The number of aromatic hydroxyl groups is 1. The summed E-state index contributed by atoms with van der Waals surface area (Å²) in [7, 11) is -7.92. The van der Waals surface area contributed by atoms with E-state index in [2.05, 4.69) is 35.0 Å². The molecule has 416 valence electrons. The number of benzene rings is 2. The van der Waals surface area contributed by atoms with E-state index >= 15 is 0 Å². The number of halogens is 3. The lowest BCUT2D eigenvalue weighted by Crippen LogP contribution is -2.47. The molecule has 0 aliphatic rings. The molecule has 0 amide bonds. The molecule has 4 aromatic heterocycles. The lowest BCUT2D eigenvalue weighted by molar-refractivity contribution is -0.151. The van der Waals surface area contributed by atoms with Gasteiger partial charge in [-0.2, -0.15) is 0 Å². The molecule has 0 radical (unpaired) electrons. The number of ether oxygens (including phenoxy) is 4. The average Bonchev–Trinajstić information content (AvgIpc) is 3.92. The highest BCUT2D eigenvalue weighted by Gasteiger charge is 2.40. The molecule has 24 nitrogen and oxygen atoms in total. The Morgan fingerprint density at radius 2 is 1.09 bits per heavy atom. The molecule has 0 spiro atoms. The summed E-state index contributed by atoms with van der Waals surface area (Å²) in [5, 5.41) is 12.7. The van der Waals surface area contributed by atoms with Crippen LogP contribution in [0.15, 0.2) is 73.8 Å². The topological polar surface area (TPSA) is 352 Å². The highest BCUT2D eigenvalue weighted by molar-refractivity contribution is 7.57. The Labute approximate surface area is 451 Å². The van der Waals surface area contributed by atoms with Crippen molar-refractivity contribution in [3.8, 4) is 11.5 Å². The Kier molecular flexibility index (Phi) is 26.3. The molecule has 3 atom stereocenters. The SMILES string of the molecule is CC(C)COC(=O)C(C)(C)N.CC(C)COC(=O)C(C)(C)NP(=O)(CO[C@H](C)Cn1cnc2c(N)ncnc21)Oc1ccc(Cl)cc1.C[C@H](Cn1cnc2c(N)ncnc21)OCP(=O)(O)O.Cl.Oc1ccc(Cl)cc1. The number of nitrogen functional groups attached to an aromatic ring is 2. The smallest absolute Gasteiger partial charge is 0.350 e. The van der Waals surface area contributed by atoms with Crippen LogP contribution in [0.4, 0.5) is 11.6 Å². The molecular weight excluding hydrogens is 1080 g/mol. The number of phenolic OH excluding ortho intramolecular Hbond substituents is 1. The van der Waals surface area contributed by atoms with Gasteiger partial charge in [0.05, 0.1) is 51.2 Å². The molecule has 10 N–H and O–H groups in total. The number of hydrogen-bond donors (Lipinski definition) is 7. The van der Waals surface area contributed by atoms with Gasteiger partial charge in [-0.1, -0.05) is 50.9 Å². The minimum atomic E-state index is -4.16. The van der Waals surface area contributed by atoms with E-state index in [1.165, 1.54) is 19.0 Å². The number of rotatable bonds is 20. The summed E-state index contributed by atoms with van der Waals surface area (Å²) < 4.78 is 55.2. The normalized spacial score (nSPS) is 13.2. The van der Waals surface area contributed by atoms with Crippen molar-refractivity contribution in [1.82, 2.24) is 44.1 Å². The molecule has 4 heterocycles. The molecule has 1 unspecified atom stereocenters. The van der Waals surface area contributed by atoms with Gasteiger partial charge in [0.1, 0.15) is 59.0 Å². The molecule has 0 aliphatic heterocycles. The first-order chi connectivity index (χ1) is 34.4. The first kappa shape index (κ1) is 65.9. The molecule has 29 heteroatoms. The van der Waals surface area contributed by atoms with E-state index < -0.39 is 50.7 Å². The van der Waals surface area contributed by atoms with Crippen LogP contribution in [0.5, 0.6) is 11.5 Å². The number of nitrogens with one attached hydrogen (secondary N) is 1. The van der Waals surface area contributed by atoms with Crippen molar-refractivity contribution in [3.63, 3.8) is 0 Å². The second-order valence-corrected chi connectivity index (χ2v) is 23.1. The van der Waals surface area contributed by atoms with Crippen molar-refractivity contribution in [1.29, 1.82) is 0 Å². The zero-order valence-electron chi connectivity index (χ0n) is 43.4. The highest BCUT2D eigenvalue weighted by Crippen LogP contribution is 2.46. The number of esters is 2. The van der Waals surface area contributed by atoms with Crippen LogP contribution in [0.1, 0.15) is 69.2 Å². The number of aromatic nitrogens is 8. The van der Waals surface area contributed by atoms with E-state index in [4.69, 9.17) is 78.8 Å². The van der Waals surface area contributed by atoms with Crippen molar-refractivity contribution < 1.29 is 57.1 Å². The molecule has 0 saturated heterocycles. The molecule has 75 heavy (non-hydrogen) atoms. The van der Waals surface area contributed by atoms with E-state index in [1.807, 2.05) is 34.6 Å². The van der Waals surface area contributed by atoms with Crippen LogP contribution in [-0.4, -0.2) is 115 Å². The molecule has 0 bridgehead atoms. The number of nitrogens with two attached hydrogens (primary N) is 3. The fraction of sp³-hybridized carbons (Fsp3) is 0.478. The maximum atomic E-state index is 13.9. The summed E-state index contributed by atoms with van der Waals surface area (Å²) in [5.41, 5.74) is 16.9. The lowest BCUT2D eigenvalue weighted by atomic mass is 10.1. The van der Waals surface area contributed by atoms with Gasteiger partial charge in [0.15, 0.2) is 22.9 Å². The van der Waals surface area contributed by atoms with Crippen molar-refractivity contribution in [2.24, 2.45) is 17.6 Å². The minimum Gasteiger partial charge on any atom is -0.508 e. The average molecular weight is 1150 g/mol. The van der Waals surface area contributed by atoms with Crippen LogP contribution in [0, 0.1) is 11.8 Å². The van der Waals surface area contributed by atoms with Crippen LogP contribution in [0.2, 0.25) is 10.0 Å². The Morgan fingerprint density at radius 1 is 0.680 bits per heavy atom. The van der Waals surface area contributed by atoms with Crippen molar-refractivity contribution in [3.05, 3.63) is 83.9 Å². The molecule has 0 aliphatic carbocycles. The molecule has 6 rings (SSSR count). The Bertz CT molecular complexity index is 2790. The Morgan fingerprint density at radius 3 is 1.49 bits per heavy atom. The predicted molar refractivity (Wildman–Crippen MR) is 289 cm³/mol. The number of hydrogen-bond acceptors (Lipinski definition) is 19. The number of phenols is 1. The van der Waals surface area contributed by atoms with E-state index in [0.717, 1.165) is 0 Å². The third kappa shape index (κ3) is 23.7. The van der Waals surface area contributed by atoms with Gasteiger partial charge < -0.3 is 64.7 Å². The predicted octanol–water partition coefficient (Wildman–Crippen LogP) is 7.60. The Balaban J connectivity index is 0.000000407. The summed E-state index contributed by atoms with van der Waals surface area (Å²) in [6, 6.07) is 12.8. The van der Waals surface area contributed by atoms with Gasteiger partial charge >= 0.3 is 27.1 Å². The highest BCUT2D eigenvalue weighted by atomic mass is 35.5. The van der Waals surface area contributed by atoms with E-state index in [-0.39, 0.29) is 54.6 Å². The Hall–Kier alpha value is -5.23. The maximum Gasteiger partial charge on any atom is 0.350 e. The van der Waals surface area contributed by atoms with Crippen molar-refractivity contribution in [2.45, 2.75) is 106 Å². The number of anilines is 2. The molecule has 2 aromatic carbocycles. The third-order valence-electron chi connectivity index (χ3n) is 9.30. The summed E-state index contributed by atoms with van der Waals surface area (Å²) in [6.45, 7) is 19.2. The monoisotopic (exact) mass is 1150 g/mol. The summed E-state index contributed by atoms with van der Waals surface area (Å²) in [5.74, 6) is 0.751. The summed E-state index contributed by atoms with van der Waals surface area (Å²) in [4.78, 5) is 65.6. The third-order valence-corrected chi connectivity index (χ3v) is 12.2. The standard InChI is InChI=1S/C23H32ClN6O5P.C9H14N5O4P.C8H17NO2.C6H5ClO.ClH/c1-15(2)11-33-22(31)23(4,5)29-36(32,35-18-8-6-17(24)7-9-18)14-34-16(3)10-30-13-28-19-20(25)26-12-27-21(19)30;1-6(18-5-19(15,16)17)2-14-4-13-7-8(10)11-3-12-9(7)14;1-6(2)5-11-7(10)8(3,4)9;7-5-1-3-6(8)4-2-5;/h6-9,12-13,15-16H,10-11,14H2,1-5H3,(H,29,32)(H2,25,26,27);3-4,6H,2,5H2,1H3,(H2,10,11,12)(H2,15,16,17);6H,5,9H2,1-4H3;1-4,8H;1H/t16-,36?;6-;;;/m11.../s1. The minimum absolute atomic E-state index is 0. The van der Waals surface area contributed by atoms with E-state index in [1.54, 1.807) is 98.6 Å². The first-order valence-electron chi connectivity index (χ1n) is 22.9. The van der Waals surface area contributed by atoms with Gasteiger partial charge in [-0.05, 0) is 102 Å². The van der Waals surface area contributed by atoms with Crippen LogP contribution < -0.4 is 26.8 Å². The zero-order chi connectivity index (χ0) is 55.6. The lowest BCUT2D eigenvalue weighted by Gasteiger charge is -2.30. The van der Waals surface area contributed by atoms with Crippen LogP contribution >= 0.6 is 50.7 Å². The quantitative estimate of drug-likeness (QED) is 0.0285. The van der Waals surface area contributed by atoms with E-state index in [9.17, 15) is 18.7 Å². The van der Waals surface area contributed by atoms with Gasteiger partial charge in [-0.25, -0.2) is 35.0 Å². The van der Waals surface area contributed by atoms with Gasteiger partial charge in [0.2, 0.25) is 0 Å². The second-order valence-electron chi connectivity index (χ2n) is 18.7. The molecule has 0 saturated carbocycles. The van der Waals surface area contributed by atoms with Crippen LogP contribution in [0.3, 0.4) is 0 Å². The second kappa shape index (κ2) is 29.9. The van der Waals surface area contributed by atoms with Crippen molar-refractivity contribution in [2.75, 3.05) is 37.4 Å².